The summed E-state index contributed by atoms with van der Waals surface area (Å²) < 4.78 is 35.0. The zero-order valence-corrected chi connectivity index (χ0v) is 16.1. The molecule has 8 heteroatoms. The van der Waals surface area contributed by atoms with E-state index in [1.807, 2.05) is 0 Å². The summed E-state index contributed by atoms with van der Waals surface area (Å²) in [7, 11) is 0. The Hall–Kier alpha value is 0.446. The Bertz CT molecular complexity index is 227. The van der Waals surface area contributed by atoms with Gasteiger partial charge in [0.05, 0.1) is 0 Å². The molecule has 0 aromatic heterocycles. The maximum atomic E-state index is 11.8. The second-order valence-electron chi connectivity index (χ2n) is 2.73. The Morgan fingerprint density at radius 1 is 0.842 bits per heavy atom. The molecular weight excluding hydrogens is 395 g/mol. The van der Waals surface area contributed by atoms with E-state index in [1.54, 1.807) is 20.8 Å². The van der Waals surface area contributed by atoms with Crippen molar-refractivity contribution in [1.82, 2.24) is 0 Å². The first-order valence-corrected chi connectivity index (χ1v) is 9.00. The van der Waals surface area contributed by atoms with Crippen molar-refractivity contribution in [1.29, 1.82) is 0 Å². The molecule has 110 valence electrons. The van der Waals surface area contributed by atoms with Crippen molar-refractivity contribution in [3.8, 4) is 0 Å². The third-order valence-corrected chi connectivity index (χ3v) is 3.06. The van der Waals surface area contributed by atoms with Gasteiger partial charge >= 0.3 is 80.0 Å². The summed E-state index contributed by atoms with van der Waals surface area (Å²) in [5, 5.41) is 0. The molecule has 3 nitrogen and oxygen atoms in total. The molecule has 0 heterocycles. The minimum absolute atomic E-state index is 0. The fourth-order valence-electron chi connectivity index (χ4n) is 0.563. The number of hydrogen-bond donors (Lipinski definition) is 0. The molecule has 0 aliphatic heterocycles. The topological polar surface area (TPSA) is 71.4 Å². The summed E-state index contributed by atoms with van der Waals surface area (Å²) in [6.07, 6.45) is 0. The number of halogens is 3. The quantitative estimate of drug-likeness (QED) is 0.472. The van der Waals surface area contributed by atoms with Crippen molar-refractivity contribution in [3.05, 3.63) is 41.5 Å². The van der Waals surface area contributed by atoms with E-state index in [4.69, 9.17) is 17.2 Å². The molecule has 1 aromatic carbocycles. The van der Waals surface area contributed by atoms with Crippen LogP contribution in [0.2, 0.25) is 0 Å². The van der Waals surface area contributed by atoms with E-state index in [9.17, 15) is 10.5 Å². The molecule has 0 unspecified atom stereocenters. The third kappa shape index (κ3) is 27.6. The molecule has 3 N–H and O–H groups in total. The average molecular weight is 417 g/mol. The molecule has 0 spiro atoms. The second kappa shape index (κ2) is 20.8. The van der Waals surface area contributed by atoms with Gasteiger partial charge < -0.3 is 17.2 Å². The van der Waals surface area contributed by atoms with Crippen molar-refractivity contribution >= 4 is 19.1 Å². The Balaban J connectivity index is -0.0000000956. The van der Waals surface area contributed by atoms with Gasteiger partial charge in [0.2, 0.25) is 0 Å². The fraction of sp³-hybridized carbons (Fsp3) is 0.545. The minimum atomic E-state index is -5.94. The van der Waals surface area contributed by atoms with Crippen molar-refractivity contribution in [3.63, 3.8) is 0 Å². The van der Waals surface area contributed by atoms with Crippen LogP contribution < -0.4 is 4.40 Å². The van der Waals surface area contributed by atoms with Crippen LogP contribution in [0.25, 0.3) is 17.2 Å². The van der Waals surface area contributed by atoms with Gasteiger partial charge in [-0.2, -0.15) is 19.6 Å². The van der Waals surface area contributed by atoms with Crippen molar-refractivity contribution in [2.45, 2.75) is 20.8 Å². The molecule has 1 rings (SSSR count). The normalized spacial score (nSPS) is 8.47. The number of nitrogens with one attached hydrogen (secondary N) is 3. The van der Waals surface area contributed by atoms with E-state index < -0.39 is 19.1 Å². The number of hydrogen-bond acceptors (Lipinski definition) is 0. The van der Waals surface area contributed by atoms with Crippen LogP contribution >= 0.6 is 0 Å². The van der Waals surface area contributed by atoms with Gasteiger partial charge in [-0.3, -0.25) is 0 Å². The molecule has 0 fully saturated rings. The van der Waals surface area contributed by atoms with Crippen LogP contribution in [0.4, 0.5) is 10.5 Å². The molecule has 1 aromatic rings. The van der Waals surface area contributed by atoms with Gasteiger partial charge in [0.15, 0.2) is 0 Å². The maximum absolute atomic E-state index is 11.8. The van der Waals surface area contributed by atoms with Gasteiger partial charge in [0.1, 0.15) is 0 Å². The van der Waals surface area contributed by atoms with Crippen molar-refractivity contribution in [2.24, 2.45) is 0 Å². The van der Waals surface area contributed by atoms with Gasteiger partial charge in [-0.15, -0.1) is 0 Å². The first kappa shape index (κ1) is 27.7. The first-order chi connectivity index (χ1) is 8.35. The van der Waals surface area contributed by atoms with Gasteiger partial charge in [0, 0.05) is 0 Å². The molecule has 19 heavy (non-hydrogen) atoms. The number of rotatable bonds is 1. The Kier molecular flexibility index (Phi) is 30.3. The van der Waals surface area contributed by atoms with E-state index in [-0.39, 0.29) is 26.2 Å². The predicted octanol–water partition coefficient (Wildman–Crippen LogP) is 4.63. The molecule has 0 saturated carbocycles. The molecule has 0 radical (unpaired) electrons. The van der Waals surface area contributed by atoms with E-state index in [1.165, 1.54) is 12.1 Å². The molecule has 0 atom stereocenters. The molecule has 0 bridgehead atoms. The van der Waals surface area contributed by atoms with Crippen LogP contribution in [-0.2, 0) is 26.2 Å². The fourth-order valence-corrected chi connectivity index (χ4v) is 1.76. The summed E-state index contributed by atoms with van der Waals surface area (Å²) in [5.41, 5.74) is 18.6. The second-order valence-corrected chi connectivity index (χ2v) is 6.03. The van der Waals surface area contributed by atoms with E-state index >= 15 is 0 Å². The maximum Gasteiger partial charge on any atom is 4.00 e. The Morgan fingerprint density at radius 3 is 1.16 bits per heavy atom. The van der Waals surface area contributed by atoms with Crippen LogP contribution in [0, 0.1) is 0 Å². The predicted molar refractivity (Wildman–Crippen MR) is 75.3 cm³/mol. The third-order valence-electron chi connectivity index (χ3n) is 0.990. The smallest absolute Gasteiger partial charge is 4.00 e. The summed E-state index contributed by atoms with van der Waals surface area (Å²) >= 11 is -5.94. The van der Waals surface area contributed by atoms with Crippen LogP contribution in [0.1, 0.15) is 20.8 Å². The zero-order chi connectivity index (χ0) is 15.0. The summed E-state index contributed by atoms with van der Waals surface area (Å²) in [4.78, 5) is 0. The van der Waals surface area contributed by atoms with Crippen LogP contribution in [0.5, 0.6) is 0 Å². The monoisotopic (exact) mass is 417 g/mol. The Morgan fingerprint density at radius 2 is 1.05 bits per heavy atom. The van der Waals surface area contributed by atoms with Crippen LogP contribution in [0.3, 0.4) is 0 Å². The largest absolute Gasteiger partial charge is 4.00 e. The molecular formula is C11H22F3GeN3Zr. The summed E-state index contributed by atoms with van der Waals surface area (Å²) in [6.45, 7) is 6.88. The van der Waals surface area contributed by atoms with E-state index in [2.05, 4.69) is 0 Å². The summed E-state index contributed by atoms with van der Waals surface area (Å²) in [6, 6.07) is 5.07. The van der Waals surface area contributed by atoms with Crippen LogP contribution in [-0.4, -0.2) is 34.3 Å². The van der Waals surface area contributed by atoms with Crippen LogP contribution in [0.15, 0.2) is 24.3 Å². The molecule has 0 aliphatic carbocycles. The zero-order valence-electron chi connectivity index (χ0n) is 11.6. The summed E-state index contributed by atoms with van der Waals surface area (Å²) in [5.74, 6) is 0. The van der Waals surface area contributed by atoms with Gasteiger partial charge in [-0.1, -0.05) is 20.8 Å². The van der Waals surface area contributed by atoms with E-state index in [0.29, 0.717) is 19.6 Å². The molecule has 0 amide bonds. The molecule has 0 aliphatic rings. The van der Waals surface area contributed by atoms with E-state index in [0.717, 1.165) is 12.1 Å². The molecule has 0 saturated heterocycles. The SMILES string of the molecule is CC[NH-].CC[NH-].CC[NH-].[F][Ge]([F])([F])[c-]1cccc1.[Zr+4]. The van der Waals surface area contributed by atoms with Crippen molar-refractivity contribution < 1.29 is 36.7 Å². The minimum Gasteiger partial charge on any atom is 4.00 e. The first-order valence-electron chi connectivity index (χ1n) is 5.58. The van der Waals surface area contributed by atoms with Gasteiger partial charge in [-0.05, 0) is 0 Å². The average Bonchev–Trinajstić information content (AvgIpc) is 2.72. The standard InChI is InChI=1S/C5H4F3Ge.3C2H6N.Zr/c6-9(7,8)5-3-1-2-4-5;3*1-2-3;/h1-4H;3*3H,2H2,1H3;/q4*-1;+4. The van der Waals surface area contributed by atoms with Crippen molar-refractivity contribution in [2.75, 3.05) is 19.6 Å². The van der Waals surface area contributed by atoms with Gasteiger partial charge in [-0.25, -0.2) is 0 Å². The Labute approximate surface area is 137 Å². The van der Waals surface area contributed by atoms with Gasteiger partial charge in [0.25, 0.3) is 0 Å².